The van der Waals surface area contributed by atoms with Crippen molar-refractivity contribution in [2.24, 2.45) is 0 Å². The molecule has 7 heteroatoms. The fourth-order valence-corrected chi connectivity index (χ4v) is 2.46. The van der Waals surface area contributed by atoms with Crippen LogP contribution in [0.2, 0.25) is 0 Å². The number of thiocarbonyl (C=S) groups is 1. The number of hydrazine groups is 1. The minimum absolute atomic E-state index is 0.0126. The molecule has 2 rings (SSSR count). The zero-order valence-corrected chi connectivity index (χ0v) is 14.6. The van der Waals surface area contributed by atoms with Crippen molar-refractivity contribution in [2.45, 2.75) is 6.92 Å². The molecule has 2 aromatic carbocycles. The van der Waals surface area contributed by atoms with Gasteiger partial charge in [0.15, 0.2) is 5.11 Å². The maximum atomic E-state index is 12.1. The molecule has 0 fully saturated rings. The van der Waals surface area contributed by atoms with E-state index in [2.05, 4.69) is 32.1 Å². The highest BCUT2D eigenvalue weighted by molar-refractivity contribution is 9.10. The van der Waals surface area contributed by atoms with Crippen LogP contribution in [-0.2, 0) is 0 Å². The molecule has 0 aromatic heterocycles. The number of amides is 2. The lowest BCUT2D eigenvalue weighted by Crippen LogP contribution is -2.48. The molecule has 0 radical (unpaired) electrons. The summed E-state index contributed by atoms with van der Waals surface area (Å²) in [4.78, 5) is 24.1. The molecule has 0 bridgehead atoms. The monoisotopic (exact) mass is 391 g/mol. The van der Waals surface area contributed by atoms with Gasteiger partial charge in [0, 0.05) is 10.0 Å². The molecule has 2 amide bonds. The highest BCUT2D eigenvalue weighted by Gasteiger charge is 2.12. The van der Waals surface area contributed by atoms with Gasteiger partial charge in [0.1, 0.15) is 0 Å². The van der Waals surface area contributed by atoms with Crippen LogP contribution in [0.25, 0.3) is 0 Å². The van der Waals surface area contributed by atoms with Gasteiger partial charge in [0.05, 0.1) is 5.56 Å². The van der Waals surface area contributed by atoms with E-state index in [1.54, 1.807) is 36.4 Å². The Balaban J connectivity index is 1.91. The average molecular weight is 392 g/mol. The predicted molar refractivity (Wildman–Crippen MR) is 96.0 cm³/mol. The quantitative estimate of drug-likeness (QED) is 0.543. The van der Waals surface area contributed by atoms with Gasteiger partial charge in [-0.05, 0) is 58.8 Å². The van der Waals surface area contributed by atoms with Gasteiger partial charge in [0.25, 0.3) is 11.8 Å². The van der Waals surface area contributed by atoms with Crippen molar-refractivity contribution < 1.29 is 9.59 Å². The van der Waals surface area contributed by atoms with E-state index < -0.39 is 0 Å². The number of carbonyl (C=O) groups excluding carboxylic acids is 2. The van der Waals surface area contributed by atoms with Crippen LogP contribution in [0, 0.1) is 6.92 Å². The molecule has 118 valence electrons. The van der Waals surface area contributed by atoms with Crippen molar-refractivity contribution in [1.29, 1.82) is 0 Å². The van der Waals surface area contributed by atoms with Crippen molar-refractivity contribution in [3.63, 3.8) is 0 Å². The summed E-state index contributed by atoms with van der Waals surface area (Å²) in [5.74, 6) is -0.708. The summed E-state index contributed by atoms with van der Waals surface area (Å²) >= 11 is 8.30. The largest absolute Gasteiger partial charge is 0.298 e. The molecule has 0 aliphatic carbocycles. The van der Waals surface area contributed by atoms with Crippen LogP contribution in [0.3, 0.4) is 0 Å². The van der Waals surface area contributed by atoms with Crippen LogP contribution < -0.4 is 16.2 Å². The van der Waals surface area contributed by atoms with Crippen LogP contribution in [-0.4, -0.2) is 16.9 Å². The Labute approximate surface area is 147 Å². The van der Waals surface area contributed by atoms with Crippen LogP contribution in [0.4, 0.5) is 0 Å². The summed E-state index contributed by atoms with van der Waals surface area (Å²) in [6, 6.07) is 14.1. The summed E-state index contributed by atoms with van der Waals surface area (Å²) in [5, 5.41) is 2.53. The first-order valence-electron chi connectivity index (χ1n) is 6.71. The van der Waals surface area contributed by atoms with Gasteiger partial charge in [-0.15, -0.1) is 0 Å². The normalized spacial score (nSPS) is 9.83. The fourth-order valence-electron chi connectivity index (χ4n) is 1.86. The van der Waals surface area contributed by atoms with Crippen molar-refractivity contribution in [3.8, 4) is 0 Å². The topological polar surface area (TPSA) is 70.2 Å². The second kappa shape index (κ2) is 7.85. The second-order valence-electron chi connectivity index (χ2n) is 4.66. The summed E-state index contributed by atoms with van der Waals surface area (Å²) < 4.78 is 0.661. The number of aryl methyl sites for hydroxylation is 1. The Morgan fingerprint density at radius 3 is 2.17 bits per heavy atom. The first kappa shape index (κ1) is 17.1. The maximum absolute atomic E-state index is 12.1. The molecule has 0 atom stereocenters. The number of hydrogen-bond donors (Lipinski definition) is 3. The zero-order chi connectivity index (χ0) is 16.8. The number of rotatable bonds is 2. The molecule has 0 heterocycles. The SMILES string of the molecule is Cc1ccccc1C(=O)NC(=S)NNC(=O)c1ccccc1Br. The minimum Gasteiger partial charge on any atom is -0.298 e. The first-order valence-corrected chi connectivity index (χ1v) is 7.91. The zero-order valence-electron chi connectivity index (χ0n) is 12.2. The Bertz CT molecular complexity index is 764. The lowest BCUT2D eigenvalue weighted by atomic mass is 10.1. The molecule has 0 saturated heterocycles. The molecule has 2 aromatic rings. The standard InChI is InChI=1S/C16H14BrN3O2S/c1-10-6-2-3-7-11(10)14(21)18-16(23)20-19-15(22)12-8-4-5-9-13(12)17/h2-9H,1H3,(H,19,22)(H2,18,20,21,23). The van der Waals surface area contributed by atoms with E-state index in [0.29, 0.717) is 15.6 Å². The van der Waals surface area contributed by atoms with Crippen molar-refractivity contribution in [2.75, 3.05) is 0 Å². The van der Waals surface area contributed by atoms with Gasteiger partial charge >= 0.3 is 0 Å². The minimum atomic E-state index is -0.370. The molecule has 5 nitrogen and oxygen atoms in total. The Morgan fingerprint density at radius 2 is 1.52 bits per heavy atom. The van der Waals surface area contributed by atoms with E-state index in [1.807, 2.05) is 19.1 Å². The van der Waals surface area contributed by atoms with Crippen LogP contribution >= 0.6 is 28.1 Å². The Hall–Kier alpha value is -2.25. The van der Waals surface area contributed by atoms with Crippen LogP contribution in [0.5, 0.6) is 0 Å². The molecule has 0 aliphatic heterocycles. The van der Waals surface area contributed by atoms with E-state index in [-0.39, 0.29) is 16.9 Å². The van der Waals surface area contributed by atoms with E-state index in [1.165, 1.54) is 0 Å². The molecular formula is C16H14BrN3O2S. The third-order valence-electron chi connectivity index (χ3n) is 3.02. The van der Waals surface area contributed by atoms with Crippen molar-refractivity contribution >= 4 is 45.1 Å². The number of halogens is 1. The van der Waals surface area contributed by atoms with Crippen LogP contribution in [0.15, 0.2) is 53.0 Å². The van der Waals surface area contributed by atoms with Gasteiger partial charge < -0.3 is 0 Å². The van der Waals surface area contributed by atoms with E-state index in [0.717, 1.165) is 5.56 Å². The molecule has 3 N–H and O–H groups in total. The average Bonchev–Trinajstić information content (AvgIpc) is 2.53. The van der Waals surface area contributed by atoms with Gasteiger partial charge in [-0.25, -0.2) is 0 Å². The Morgan fingerprint density at radius 1 is 0.913 bits per heavy atom. The lowest BCUT2D eigenvalue weighted by Gasteiger charge is -2.12. The highest BCUT2D eigenvalue weighted by atomic mass is 79.9. The van der Waals surface area contributed by atoms with Crippen LogP contribution in [0.1, 0.15) is 26.3 Å². The van der Waals surface area contributed by atoms with E-state index >= 15 is 0 Å². The number of benzene rings is 2. The highest BCUT2D eigenvalue weighted by Crippen LogP contribution is 2.15. The molecule has 0 saturated carbocycles. The third-order valence-corrected chi connectivity index (χ3v) is 3.92. The summed E-state index contributed by atoms with van der Waals surface area (Å²) in [6.45, 7) is 1.83. The van der Waals surface area contributed by atoms with Gasteiger partial charge in [0.2, 0.25) is 0 Å². The second-order valence-corrected chi connectivity index (χ2v) is 5.92. The van der Waals surface area contributed by atoms with E-state index in [9.17, 15) is 9.59 Å². The van der Waals surface area contributed by atoms with Gasteiger partial charge in [-0.1, -0.05) is 30.3 Å². The third kappa shape index (κ3) is 4.61. The van der Waals surface area contributed by atoms with Gasteiger partial charge in [-0.2, -0.15) is 0 Å². The number of nitrogens with one attached hydrogen (secondary N) is 3. The van der Waals surface area contributed by atoms with Crippen molar-refractivity contribution in [3.05, 3.63) is 69.7 Å². The van der Waals surface area contributed by atoms with Crippen molar-refractivity contribution in [1.82, 2.24) is 16.2 Å². The first-order chi connectivity index (χ1) is 11.0. The number of hydrogen-bond acceptors (Lipinski definition) is 3. The molecule has 0 unspecified atom stereocenters. The van der Waals surface area contributed by atoms with Gasteiger partial charge in [-0.3, -0.25) is 25.8 Å². The molecule has 0 spiro atoms. The molecule has 0 aliphatic rings. The summed E-state index contributed by atoms with van der Waals surface area (Å²) in [6.07, 6.45) is 0. The summed E-state index contributed by atoms with van der Waals surface area (Å²) in [5.41, 5.74) is 6.76. The lowest BCUT2D eigenvalue weighted by molar-refractivity contribution is 0.0934. The van der Waals surface area contributed by atoms with E-state index in [4.69, 9.17) is 12.2 Å². The molecule has 23 heavy (non-hydrogen) atoms. The fraction of sp³-hybridized carbons (Fsp3) is 0.0625. The molecular weight excluding hydrogens is 378 g/mol. The smallest absolute Gasteiger partial charge is 0.270 e. The Kier molecular flexibility index (Phi) is 5.84. The number of carbonyl (C=O) groups is 2. The maximum Gasteiger partial charge on any atom is 0.270 e. The summed E-state index contributed by atoms with van der Waals surface area (Å²) in [7, 11) is 0. The predicted octanol–water partition coefficient (Wildman–Crippen LogP) is 2.71.